The van der Waals surface area contributed by atoms with E-state index in [0.29, 0.717) is 6.42 Å². The van der Waals surface area contributed by atoms with E-state index in [-0.39, 0.29) is 6.42 Å². The minimum Gasteiger partial charge on any atom is -0.394 e. The first-order valence-corrected chi connectivity index (χ1v) is 12.1. The van der Waals surface area contributed by atoms with E-state index in [2.05, 4.69) is 19.1 Å². The summed E-state index contributed by atoms with van der Waals surface area (Å²) in [6.45, 7) is 1.55. The van der Waals surface area contributed by atoms with Crippen molar-refractivity contribution in [3.8, 4) is 0 Å². The van der Waals surface area contributed by atoms with E-state index in [1.807, 2.05) is 0 Å². The summed E-state index contributed by atoms with van der Waals surface area (Å²) in [5.74, 6) is -3.35. The Morgan fingerprint density at radius 1 is 0.839 bits per heavy atom. The van der Waals surface area contributed by atoms with E-state index in [1.54, 1.807) is 0 Å². The molecule has 5 atom stereocenters. The fourth-order valence-corrected chi connectivity index (χ4v) is 3.92. The molecule has 0 unspecified atom stereocenters. The van der Waals surface area contributed by atoms with Gasteiger partial charge in [0.05, 0.1) is 6.61 Å². The lowest BCUT2D eigenvalue weighted by molar-refractivity contribution is -0.331. The lowest BCUT2D eigenvalue weighted by atomic mass is 9.88. The summed E-state index contributed by atoms with van der Waals surface area (Å²) in [6.07, 6.45) is 12.5. The molecule has 0 saturated carbocycles. The number of aliphatic hydroxyl groups excluding tert-OH is 4. The molecule has 182 valence electrons. The average Bonchev–Trinajstić information content (AvgIpc) is 2.77. The van der Waals surface area contributed by atoms with Crippen LogP contribution in [0.25, 0.3) is 0 Å². The van der Waals surface area contributed by atoms with E-state index in [9.17, 15) is 30.3 Å². The average molecular weight is 445 g/mol. The third kappa shape index (κ3) is 9.68. The predicted molar refractivity (Wildman–Crippen MR) is 119 cm³/mol. The molecule has 31 heavy (non-hydrogen) atoms. The quantitative estimate of drug-likeness (QED) is 0.172. The van der Waals surface area contributed by atoms with Gasteiger partial charge < -0.3 is 30.3 Å². The van der Waals surface area contributed by atoms with Crippen molar-refractivity contribution in [2.45, 2.75) is 127 Å². The van der Waals surface area contributed by atoms with E-state index < -0.39 is 42.6 Å². The van der Waals surface area contributed by atoms with Crippen molar-refractivity contribution in [2.75, 3.05) is 6.61 Å². The summed E-state index contributed by atoms with van der Waals surface area (Å²) in [4.78, 5) is 12.4. The van der Waals surface area contributed by atoms with Crippen LogP contribution in [0.5, 0.6) is 0 Å². The molecule has 5 N–H and O–H groups in total. The van der Waals surface area contributed by atoms with Gasteiger partial charge in [-0.05, 0) is 32.1 Å². The van der Waals surface area contributed by atoms with Crippen LogP contribution in [0.3, 0.4) is 0 Å². The van der Waals surface area contributed by atoms with E-state index >= 15 is 0 Å². The maximum Gasteiger partial charge on any atom is 0.256 e. The largest absolute Gasteiger partial charge is 0.394 e. The number of hydrogen-bond donors (Lipinski definition) is 5. The van der Waals surface area contributed by atoms with Crippen molar-refractivity contribution in [1.82, 2.24) is 0 Å². The molecule has 0 aromatic carbocycles. The minimum absolute atomic E-state index is 0.00726. The summed E-state index contributed by atoms with van der Waals surface area (Å²) in [5.41, 5.74) is 0. The van der Waals surface area contributed by atoms with Crippen molar-refractivity contribution in [3.63, 3.8) is 0 Å². The second-order valence-electron chi connectivity index (χ2n) is 8.72. The number of hydrogen-bond acceptors (Lipinski definition) is 7. The first-order chi connectivity index (χ1) is 14.9. The molecule has 0 amide bonds. The SMILES string of the molecule is CCCCCCCC/C=C\CCCCCCCC(=O)[C@@]1(O)O[C@H](CO)[C@@H](O)[C@H](O)[C@H]1O. The number of carbonyl (C=O) groups is 1. The Bertz CT molecular complexity index is 508. The van der Waals surface area contributed by atoms with Crippen molar-refractivity contribution in [2.24, 2.45) is 0 Å². The van der Waals surface area contributed by atoms with Crippen LogP contribution in [0, 0.1) is 0 Å². The third-order valence-corrected chi connectivity index (χ3v) is 6.03. The van der Waals surface area contributed by atoms with Gasteiger partial charge in [0.2, 0.25) is 0 Å². The van der Waals surface area contributed by atoms with Crippen LogP contribution in [0.2, 0.25) is 0 Å². The Labute approximate surface area is 187 Å². The lowest BCUT2D eigenvalue weighted by Gasteiger charge is -2.44. The van der Waals surface area contributed by atoms with Gasteiger partial charge in [-0.3, -0.25) is 4.79 Å². The standard InChI is InChI=1S/C24H44O7/c1-2-3-4-5-6-7-8-9-10-11-12-13-14-15-16-17-20(26)24(30)23(29)22(28)21(27)19(18-25)31-24/h9-10,19,21-23,25,27-30H,2-8,11-18H2,1H3/b10-9-/t19-,21-,22+,23-,24-/m1/s1. The first-order valence-electron chi connectivity index (χ1n) is 12.1. The Balaban J connectivity index is 2.11. The zero-order valence-electron chi connectivity index (χ0n) is 19.1. The first kappa shape index (κ1) is 28.2. The summed E-state index contributed by atoms with van der Waals surface area (Å²) >= 11 is 0. The van der Waals surface area contributed by atoms with Gasteiger partial charge in [-0.15, -0.1) is 0 Å². The Morgan fingerprint density at radius 2 is 1.35 bits per heavy atom. The van der Waals surface area contributed by atoms with Crippen LogP contribution < -0.4 is 0 Å². The Hall–Kier alpha value is -0.830. The number of allylic oxidation sites excluding steroid dienone is 2. The fraction of sp³-hybridized carbons (Fsp3) is 0.875. The van der Waals surface area contributed by atoms with Crippen LogP contribution >= 0.6 is 0 Å². The molecular weight excluding hydrogens is 400 g/mol. The van der Waals surface area contributed by atoms with Gasteiger partial charge in [-0.1, -0.05) is 70.4 Å². The predicted octanol–water partition coefficient (Wildman–Crippen LogP) is 2.76. The zero-order valence-corrected chi connectivity index (χ0v) is 19.1. The molecule has 7 heteroatoms. The zero-order chi connectivity index (χ0) is 23.1. The molecule has 1 aliphatic rings. The molecule has 0 aliphatic carbocycles. The Morgan fingerprint density at radius 3 is 1.90 bits per heavy atom. The van der Waals surface area contributed by atoms with Crippen molar-refractivity contribution < 1.29 is 35.1 Å². The normalized spacial score (nSPS) is 29.0. The maximum absolute atomic E-state index is 12.4. The highest BCUT2D eigenvalue weighted by Gasteiger charge is 2.56. The molecule has 0 bridgehead atoms. The summed E-state index contributed by atoms with van der Waals surface area (Å²) in [6, 6.07) is 0. The van der Waals surface area contributed by atoms with Crippen LogP contribution in [0.4, 0.5) is 0 Å². The molecule has 1 aliphatic heterocycles. The molecule has 0 spiro atoms. The van der Waals surface area contributed by atoms with Gasteiger partial charge in [0.15, 0.2) is 5.78 Å². The number of rotatable bonds is 17. The van der Waals surface area contributed by atoms with Gasteiger partial charge in [-0.2, -0.15) is 0 Å². The van der Waals surface area contributed by atoms with Gasteiger partial charge >= 0.3 is 0 Å². The molecule has 0 aromatic heterocycles. The molecule has 1 saturated heterocycles. The number of carbonyl (C=O) groups excluding carboxylic acids is 1. The smallest absolute Gasteiger partial charge is 0.256 e. The molecule has 7 nitrogen and oxygen atoms in total. The highest BCUT2D eigenvalue weighted by atomic mass is 16.7. The van der Waals surface area contributed by atoms with Crippen molar-refractivity contribution in [1.29, 1.82) is 0 Å². The van der Waals surface area contributed by atoms with Gasteiger partial charge in [0.1, 0.15) is 24.4 Å². The fourth-order valence-electron chi connectivity index (χ4n) is 3.92. The lowest BCUT2D eigenvalue weighted by Crippen LogP contribution is -2.68. The molecular formula is C24H44O7. The number of ether oxygens (including phenoxy) is 1. The molecule has 0 radical (unpaired) electrons. The maximum atomic E-state index is 12.4. The number of unbranched alkanes of at least 4 members (excludes halogenated alkanes) is 11. The van der Waals surface area contributed by atoms with Crippen molar-refractivity contribution in [3.05, 3.63) is 12.2 Å². The van der Waals surface area contributed by atoms with Gasteiger partial charge in [0.25, 0.3) is 5.79 Å². The van der Waals surface area contributed by atoms with Gasteiger partial charge in [0, 0.05) is 6.42 Å². The van der Waals surface area contributed by atoms with Gasteiger partial charge in [-0.25, -0.2) is 0 Å². The van der Waals surface area contributed by atoms with Crippen LogP contribution in [-0.2, 0) is 9.53 Å². The number of Topliss-reactive ketones (excluding diaryl/α,β-unsaturated/α-hetero) is 1. The second-order valence-corrected chi connectivity index (χ2v) is 8.72. The van der Waals surface area contributed by atoms with Crippen LogP contribution in [-0.4, -0.2) is 68.1 Å². The topological polar surface area (TPSA) is 127 Å². The van der Waals surface area contributed by atoms with E-state index in [0.717, 1.165) is 38.5 Å². The summed E-state index contributed by atoms with van der Waals surface area (Å²) in [7, 11) is 0. The minimum atomic E-state index is -2.60. The molecule has 0 aromatic rings. The summed E-state index contributed by atoms with van der Waals surface area (Å²) < 4.78 is 5.04. The number of ketones is 1. The highest BCUT2D eigenvalue weighted by Crippen LogP contribution is 2.30. The molecule has 1 fully saturated rings. The molecule has 1 heterocycles. The molecule has 1 rings (SSSR count). The van der Waals surface area contributed by atoms with Crippen molar-refractivity contribution >= 4 is 5.78 Å². The Kier molecular flexibility index (Phi) is 14.5. The van der Waals surface area contributed by atoms with E-state index in [4.69, 9.17) is 4.74 Å². The third-order valence-electron chi connectivity index (χ3n) is 6.03. The second kappa shape index (κ2) is 15.9. The highest BCUT2D eigenvalue weighted by molar-refractivity contribution is 5.86. The monoisotopic (exact) mass is 444 g/mol. The van der Waals surface area contributed by atoms with Crippen LogP contribution in [0.1, 0.15) is 96.8 Å². The van der Waals surface area contributed by atoms with Crippen LogP contribution in [0.15, 0.2) is 12.2 Å². The van der Waals surface area contributed by atoms with E-state index in [1.165, 1.54) is 38.5 Å². The summed E-state index contributed by atoms with van der Waals surface area (Å²) in [5, 5.41) is 49.1. The number of aliphatic hydroxyl groups is 5.